The summed E-state index contributed by atoms with van der Waals surface area (Å²) in [6, 6.07) is -0.0799. The van der Waals surface area contributed by atoms with Crippen LogP contribution in [0.5, 0.6) is 0 Å². The number of guanidine groups is 1. The van der Waals surface area contributed by atoms with Crippen molar-refractivity contribution in [2.75, 3.05) is 31.1 Å². The van der Waals surface area contributed by atoms with Crippen molar-refractivity contribution in [1.82, 2.24) is 16.0 Å². The molecule has 26 heavy (non-hydrogen) atoms. The van der Waals surface area contributed by atoms with Crippen LogP contribution < -0.4 is 16.0 Å². The van der Waals surface area contributed by atoms with Crippen LogP contribution in [0, 0.1) is 5.92 Å². The lowest BCUT2D eigenvalue weighted by atomic mass is 9.87. The molecule has 0 aromatic carbocycles. The van der Waals surface area contributed by atoms with Gasteiger partial charge in [-0.15, -0.1) is 24.0 Å². The smallest absolute Gasteiger partial charge is 0.220 e. The molecule has 1 aliphatic carbocycles. The van der Waals surface area contributed by atoms with Gasteiger partial charge in [-0.3, -0.25) is 9.79 Å². The molecule has 0 bridgehead atoms. The summed E-state index contributed by atoms with van der Waals surface area (Å²) in [5.41, 5.74) is 0. The zero-order chi connectivity index (χ0) is 18.1. The molecule has 0 radical (unpaired) electrons. The van der Waals surface area contributed by atoms with Gasteiger partial charge >= 0.3 is 0 Å². The molecule has 0 aromatic rings. The van der Waals surface area contributed by atoms with Crippen molar-refractivity contribution in [1.29, 1.82) is 0 Å². The van der Waals surface area contributed by atoms with Crippen LogP contribution in [0.4, 0.5) is 0 Å². The van der Waals surface area contributed by atoms with Crippen molar-refractivity contribution in [3.63, 3.8) is 0 Å². The number of carbonyl (C=O) groups excluding carboxylic acids is 1. The van der Waals surface area contributed by atoms with E-state index in [2.05, 4.69) is 20.9 Å². The van der Waals surface area contributed by atoms with E-state index in [1.165, 1.54) is 32.1 Å². The highest BCUT2D eigenvalue weighted by molar-refractivity contribution is 14.0. The molecule has 1 atom stereocenters. The van der Waals surface area contributed by atoms with Crippen LogP contribution in [-0.4, -0.2) is 57.5 Å². The summed E-state index contributed by atoms with van der Waals surface area (Å²) >= 11 is 0. The molecule has 7 nitrogen and oxygen atoms in total. The van der Waals surface area contributed by atoms with E-state index in [1.807, 2.05) is 6.92 Å². The summed E-state index contributed by atoms with van der Waals surface area (Å²) in [6.45, 7) is 3.66. The maximum absolute atomic E-state index is 12.0. The van der Waals surface area contributed by atoms with Crippen molar-refractivity contribution >= 4 is 45.7 Å². The number of amides is 1. The highest BCUT2D eigenvalue weighted by Gasteiger charge is 2.28. The predicted molar refractivity (Wildman–Crippen MR) is 116 cm³/mol. The molecule has 0 spiro atoms. The molecule has 1 unspecified atom stereocenters. The average Bonchev–Trinajstić information content (AvgIpc) is 2.91. The maximum Gasteiger partial charge on any atom is 0.220 e. The zero-order valence-electron chi connectivity index (χ0n) is 15.6. The van der Waals surface area contributed by atoms with Crippen LogP contribution in [0.1, 0.15) is 51.9 Å². The van der Waals surface area contributed by atoms with Gasteiger partial charge in [0.05, 0.1) is 18.1 Å². The molecule has 1 heterocycles. The van der Waals surface area contributed by atoms with E-state index in [0.29, 0.717) is 44.4 Å². The first kappa shape index (κ1) is 23.5. The molecule has 9 heteroatoms. The monoisotopic (exact) mass is 500 g/mol. The number of rotatable bonds is 7. The minimum absolute atomic E-state index is 0. The van der Waals surface area contributed by atoms with Crippen molar-refractivity contribution in [2.24, 2.45) is 10.9 Å². The SMILES string of the molecule is CCNC(=NCCNC(=O)CC1CCCCC1)NC1CCS(=O)(=O)C1.I. The van der Waals surface area contributed by atoms with Gasteiger partial charge in [0, 0.05) is 25.6 Å². The van der Waals surface area contributed by atoms with Crippen LogP contribution in [0.15, 0.2) is 4.99 Å². The molecule has 2 rings (SSSR count). The van der Waals surface area contributed by atoms with Crippen LogP contribution in [0.2, 0.25) is 0 Å². The standard InChI is InChI=1S/C17H32N4O3S.HI/c1-2-18-17(21-15-8-11-25(23,24)13-15)20-10-9-19-16(22)12-14-6-4-3-5-7-14;/h14-15H,2-13H2,1H3,(H,19,22)(H2,18,20,21);1H. The highest BCUT2D eigenvalue weighted by Crippen LogP contribution is 2.25. The van der Waals surface area contributed by atoms with Gasteiger partial charge in [0.2, 0.25) is 5.91 Å². The number of hydrogen-bond donors (Lipinski definition) is 3. The van der Waals surface area contributed by atoms with Gasteiger partial charge in [0.15, 0.2) is 15.8 Å². The topological polar surface area (TPSA) is 99.7 Å². The molecular weight excluding hydrogens is 467 g/mol. The van der Waals surface area contributed by atoms with Crippen molar-refractivity contribution in [2.45, 2.75) is 57.9 Å². The first-order chi connectivity index (χ1) is 12.0. The number of carbonyl (C=O) groups is 1. The van der Waals surface area contributed by atoms with E-state index in [9.17, 15) is 13.2 Å². The van der Waals surface area contributed by atoms with Crippen molar-refractivity contribution in [3.8, 4) is 0 Å². The third kappa shape index (κ3) is 8.88. The summed E-state index contributed by atoms with van der Waals surface area (Å²) in [5, 5.41) is 9.23. The van der Waals surface area contributed by atoms with Crippen molar-refractivity contribution in [3.05, 3.63) is 0 Å². The quantitative estimate of drug-likeness (QED) is 0.213. The van der Waals surface area contributed by atoms with Gasteiger partial charge in [-0.25, -0.2) is 8.42 Å². The van der Waals surface area contributed by atoms with Gasteiger partial charge in [0.1, 0.15) is 0 Å². The lowest BCUT2D eigenvalue weighted by Gasteiger charge is -2.20. The van der Waals surface area contributed by atoms with Gasteiger partial charge in [-0.2, -0.15) is 0 Å². The Morgan fingerprint density at radius 1 is 1.12 bits per heavy atom. The summed E-state index contributed by atoms with van der Waals surface area (Å²) in [6.07, 6.45) is 7.38. The van der Waals surface area contributed by atoms with E-state index in [-0.39, 0.29) is 47.4 Å². The molecule has 2 fully saturated rings. The highest BCUT2D eigenvalue weighted by atomic mass is 127. The Morgan fingerprint density at radius 3 is 2.46 bits per heavy atom. The first-order valence-electron chi connectivity index (χ1n) is 9.50. The second-order valence-corrected chi connectivity index (χ2v) is 9.29. The number of nitrogens with one attached hydrogen (secondary N) is 3. The number of sulfone groups is 1. The molecule has 2 aliphatic rings. The van der Waals surface area contributed by atoms with Crippen LogP contribution in [0.3, 0.4) is 0 Å². The zero-order valence-corrected chi connectivity index (χ0v) is 18.8. The van der Waals surface area contributed by atoms with E-state index in [1.54, 1.807) is 0 Å². The van der Waals surface area contributed by atoms with Gasteiger partial charge < -0.3 is 16.0 Å². The largest absolute Gasteiger partial charge is 0.357 e. The van der Waals surface area contributed by atoms with Crippen LogP contribution >= 0.6 is 24.0 Å². The summed E-state index contributed by atoms with van der Waals surface area (Å²) in [4.78, 5) is 16.4. The fourth-order valence-corrected chi connectivity index (χ4v) is 5.18. The van der Waals surface area contributed by atoms with Crippen molar-refractivity contribution < 1.29 is 13.2 Å². The fourth-order valence-electron chi connectivity index (χ4n) is 3.51. The molecule has 1 saturated carbocycles. The Labute approximate surface area is 174 Å². The van der Waals surface area contributed by atoms with Gasteiger partial charge in [-0.1, -0.05) is 19.3 Å². The number of nitrogens with zero attached hydrogens (tertiary/aromatic N) is 1. The second-order valence-electron chi connectivity index (χ2n) is 7.06. The summed E-state index contributed by atoms with van der Waals surface area (Å²) in [5.74, 6) is 1.67. The number of aliphatic imine (C=N–C) groups is 1. The summed E-state index contributed by atoms with van der Waals surface area (Å²) < 4.78 is 23.1. The molecule has 1 aliphatic heterocycles. The maximum atomic E-state index is 12.0. The Kier molecular flexibility index (Phi) is 10.8. The average molecular weight is 500 g/mol. The van der Waals surface area contributed by atoms with Crippen LogP contribution in [-0.2, 0) is 14.6 Å². The van der Waals surface area contributed by atoms with E-state index in [0.717, 1.165) is 0 Å². The number of halogens is 1. The second kappa shape index (κ2) is 12.0. The number of hydrogen-bond acceptors (Lipinski definition) is 4. The fraction of sp³-hybridized carbons (Fsp3) is 0.882. The Morgan fingerprint density at radius 2 is 1.85 bits per heavy atom. The van der Waals surface area contributed by atoms with E-state index < -0.39 is 9.84 Å². The minimum atomic E-state index is -2.91. The lowest BCUT2D eigenvalue weighted by Crippen LogP contribution is -2.44. The van der Waals surface area contributed by atoms with Gasteiger partial charge in [-0.05, 0) is 32.1 Å². The Bertz CT molecular complexity index is 562. The minimum Gasteiger partial charge on any atom is -0.357 e. The molecule has 0 aromatic heterocycles. The predicted octanol–water partition coefficient (Wildman–Crippen LogP) is 1.43. The van der Waals surface area contributed by atoms with E-state index in [4.69, 9.17) is 0 Å². The van der Waals surface area contributed by atoms with Crippen LogP contribution in [0.25, 0.3) is 0 Å². The van der Waals surface area contributed by atoms with E-state index >= 15 is 0 Å². The normalized spacial score (nSPS) is 23.1. The first-order valence-corrected chi connectivity index (χ1v) is 11.3. The van der Waals surface area contributed by atoms with Gasteiger partial charge in [0.25, 0.3) is 0 Å². The Hall–Kier alpha value is -0.580. The molecule has 1 saturated heterocycles. The molecule has 152 valence electrons. The Balaban J connectivity index is 0.00000338. The summed E-state index contributed by atoms with van der Waals surface area (Å²) in [7, 11) is -2.91. The molecule has 3 N–H and O–H groups in total. The molecular formula is C17H33IN4O3S. The third-order valence-corrected chi connectivity index (χ3v) is 6.59. The molecule has 1 amide bonds. The lowest BCUT2D eigenvalue weighted by molar-refractivity contribution is -0.122. The third-order valence-electron chi connectivity index (χ3n) is 4.82.